The molecule has 0 bridgehead atoms. The van der Waals surface area contributed by atoms with Gasteiger partial charge in [0.25, 0.3) is 0 Å². The summed E-state index contributed by atoms with van der Waals surface area (Å²) in [7, 11) is 1.63. The molecule has 0 spiro atoms. The zero-order valence-corrected chi connectivity index (χ0v) is 12.2. The number of piperidine rings is 1. The third-order valence-corrected chi connectivity index (χ3v) is 3.77. The molecule has 21 heavy (non-hydrogen) atoms. The third kappa shape index (κ3) is 4.04. The van der Waals surface area contributed by atoms with E-state index in [-0.39, 0.29) is 12.3 Å². The number of nitrogens with zero attached hydrogens (tertiary/aromatic N) is 1. The predicted molar refractivity (Wildman–Crippen MR) is 77.8 cm³/mol. The van der Waals surface area contributed by atoms with E-state index in [9.17, 15) is 14.7 Å². The fourth-order valence-electron chi connectivity index (χ4n) is 2.76. The molecule has 1 N–H and O–H groups in total. The van der Waals surface area contributed by atoms with Gasteiger partial charge in [-0.2, -0.15) is 0 Å². The minimum atomic E-state index is -0.906. The molecule has 0 saturated carbocycles. The SMILES string of the molecule is COCc1cccc(CC(=O)N2CCCCC2C(=O)O)c1. The topological polar surface area (TPSA) is 66.8 Å². The van der Waals surface area contributed by atoms with Crippen molar-refractivity contribution in [1.82, 2.24) is 4.90 Å². The summed E-state index contributed by atoms with van der Waals surface area (Å²) in [5, 5.41) is 9.23. The van der Waals surface area contributed by atoms with Crippen LogP contribution >= 0.6 is 0 Å². The summed E-state index contributed by atoms with van der Waals surface area (Å²) in [6, 6.07) is 6.98. The first kappa shape index (κ1) is 15.5. The van der Waals surface area contributed by atoms with Crippen molar-refractivity contribution in [1.29, 1.82) is 0 Å². The highest BCUT2D eigenvalue weighted by Crippen LogP contribution is 2.19. The van der Waals surface area contributed by atoms with Gasteiger partial charge >= 0.3 is 5.97 Å². The molecule has 0 aliphatic carbocycles. The van der Waals surface area contributed by atoms with Gasteiger partial charge in [0.15, 0.2) is 0 Å². The zero-order chi connectivity index (χ0) is 15.2. The van der Waals surface area contributed by atoms with E-state index in [2.05, 4.69) is 0 Å². The van der Waals surface area contributed by atoms with Crippen molar-refractivity contribution in [3.05, 3.63) is 35.4 Å². The number of carboxylic acids is 1. The van der Waals surface area contributed by atoms with Gasteiger partial charge < -0.3 is 14.7 Å². The van der Waals surface area contributed by atoms with E-state index in [0.717, 1.165) is 24.0 Å². The second-order valence-electron chi connectivity index (χ2n) is 5.37. The van der Waals surface area contributed by atoms with Crippen molar-refractivity contribution < 1.29 is 19.4 Å². The number of rotatable bonds is 5. The summed E-state index contributed by atoms with van der Waals surface area (Å²) in [6.45, 7) is 1.04. The number of likely N-dealkylation sites (tertiary alicyclic amines) is 1. The molecule has 1 fully saturated rings. The molecular formula is C16H21NO4. The number of aliphatic carboxylic acids is 1. The molecule has 1 saturated heterocycles. The summed E-state index contributed by atoms with van der Waals surface area (Å²) in [5.41, 5.74) is 1.90. The van der Waals surface area contributed by atoms with Crippen LogP contribution in [0.2, 0.25) is 0 Å². The Labute approximate surface area is 124 Å². The fourth-order valence-corrected chi connectivity index (χ4v) is 2.76. The van der Waals surface area contributed by atoms with Gasteiger partial charge in [0.05, 0.1) is 13.0 Å². The lowest BCUT2D eigenvalue weighted by atomic mass is 10.0. The van der Waals surface area contributed by atoms with E-state index >= 15 is 0 Å². The normalized spacial score (nSPS) is 18.5. The molecule has 0 radical (unpaired) electrons. The van der Waals surface area contributed by atoms with Gasteiger partial charge in [-0.1, -0.05) is 24.3 Å². The highest BCUT2D eigenvalue weighted by Gasteiger charge is 2.31. The number of carbonyl (C=O) groups is 2. The average Bonchev–Trinajstić information content (AvgIpc) is 2.48. The second-order valence-corrected chi connectivity index (χ2v) is 5.37. The van der Waals surface area contributed by atoms with Crippen LogP contribution in [0.3, 0.4) is 0 Å². The van der Waals surface area contributed by atoms with Gasteiger partial charge in [-0.05, 0) is 30.4 Å². The summed E-state index contributed by atoms with van der Waals surface area (Å²) in [4.78, 5) is 25.1. The molecule has 1 unspecified atom stereocenters. The Morgan fingerprint density at radius 2 is 2.10 bits per heavy atom. The lowest BCUT2D eigenvalue weighted by Crippen LogP contribution is -2.48. The highest BCUT2D eigenvalue weighted by molar-refractivity contribution is 5.85. The summed E-state index contributed by atoms with van der Waals surface area (Å²) < 4.78 is 5.08. The molecular weight excluding hydrogens is 270 g/mol. The molecule has 114 valence electrons. The van der Waals surface area contributed by atoms with E-state index in [1.165, 1.54) is 4.90 Å². The van der Waals surface area contributed by atoms with Crippen LogP contribution in [0.15, 0.2) is 24.3 Å². The Morgan fingerprint density at radius 3 is 2.81 bits per heavy atom. The van der Waals surface area contributed by atoms with Crippen molar-refractivity contribution >= 4 is 11.9 Å². The van der Waals surface area contributed by atoms with E-state index < -0.39 is 12.0 Å². The minimum Gasteiger partial charge on any atom is -0.480 e. The van der Waals surface area contributed by atoms with Crippen LogP contribution < -0.4 is 0 Å². The second kappa shape index (κ2) is 7.22. The molecule has 1 aliphatic heterocycles. The maximum absolute atomic E-state index is 12.4. The number of hydrogen-bond donors (Lipinski definition) is 1. The van der Waals surface area contributed by atoms with Crippen LogP contribution in [0.4, 0.5) is 0 Å². The van der Waals surface area contributed by atoms with E-state index in [4.69, 9.17) is 4.74 Å². The maximum Gasteiger partial charge on any atom is 0.326 e. The van der Waals surface area contributed by atoms with Crippen LogP contribution in [0.1, 0.15) is 30.4 Å². The first-order valence-corrected chi connectivity index (χ1v) is 7.21. The van der Waals surface area contributed by atoms with Crippen LogP contribution in [0, 0.1) is 0 Å². The van der Waals surface area contributed by atoms with Crippen molar-refractivity contribution in [3.8, 4) is 0 Å². The van der Waals surface area contributed by atoms with Gasteiger partial charge in [-0.3, -0.25) is 4.79 Å². The van der Waals surface area contributed by atoms with E-state index in [1.54, 1.807) is 7.11 Å². The van der Waals surface area contributed by atoms with E-state index in [1.807, 2.05) is 24.3 Å². The van der Waals surface area contributed by atoms with Crippen molar-refractivity contribution in [2.75, 3.05) is 13.7 Å². The molecule has 1 aromatic rings. The lowest BCUT2D eigenvalue weighted by molar-refractivity contribution is -0.151. The molecule has 1 atom stereocenters. The third-order valence-electron chi connectivity index (χ3n) is 3.77. The highest BCUT2D eigenvalue weighted by atomic mass is 16.5. The molecule has 0 aromatic heterocycles. The molecule has 1 aliphatic rings. The molecule has 5 heteroatoms. The number of carbonyl (C=O) groups excluding carboxylic acids is 1. The Bertz CT molecular complexity index is 515. The monoisotopic (exact) mass is 291 g/mol. The number of benzene rings is 1. The quantitative estimate of drug-likeness (QED) is 0.899. The Hall–Kier alpha value is -1.88. The largest absolute Gasteiger partial charge is 0.480 e. The van der Waals surface area contributed by atoms with Gasteiger partial charge in [0.2, 0.25) is 5.91 Å². The molecule has 5 nitrogen and oxygen atoms in total. The van der Waals surface area contributed by atoms with Crippen LogP contribution in [0.5, 0.6) is 0 Å². The minimum absolute atomic E-state index is 0.114. The molecule has 1 aromatic carbocycles. The Balaban J connectivity index is 2.05. The Kier molecular flexibility index (Phi) is 5.33. The number of hydrogen-bond acceptors (Lipinski definition) is 3. The van der Waals surface area contributed by atoms with Crippen LogP contribution in [-0.2, 0) is 27.4 Å². The van der Waals surface area contributed by atoms with Gasteiger partial charge in [0.1, 0.15) is 6.04 Å². The summed E-state index contributed by atoms with van der Waals surface area (Å²) >= 11 is 0. The van der Waals surface area contributed by atoms with Crippen molar-refractivity contribution in [2.24, 2.45) is 0 Å². The zero-order valence-electron chi connectivity index (χ0n) is 12.2. The van der Waals surface area contributed by atoms with Gasteiger partial charge in [-0.15, -0.1) is 0 Å². The average molecular weight is 291 g/mol. The van der Waals surface area contributed by atoms with Crippen molar-refractivity contribution in [3.63, 3.8) is 0 Å². The first-order chi connectivity index (χ1) is 10.1. The van der Waals surface area contributed by atoms with Crippen LogP contribution in [0.25, 0.3) is 0 Å². The number of ether oxygens (including phenoxy) is 1. The smallest absolute Gasteiger partial charge is 0.326 e. The first-order valence-electron chi connectivity index (χ1n) is 7.21. The Morgan fingerprint density at radius 1 is 1.33 bits per heavy atom. The number of methoxy groups -OCH3 is 1. The summed E-state index contributed by atoms with van der Waals surface area (Å²) in [6.07, 6.45) is 2.52. The summed E-state index contributed by atoms with van der Waals surface area (Å²) in [5.74, 6) is -1.02. The van der Waals surface area contributed by atoms with Gasteiger partial charge in [0, 0.05) is 13.7 Å². The number of carboxylic acid groups (broad SMARTS) is 1. The van der Waals surface area contributed by atoms with E-state index in [0.29, 0.717) is 19.6 Å². The lowest BCUT2D eigenvalue weighted by Gasteiger charge is -2.33. The van der Waals surface area contributed by atoms with Crippen molar-refractivity contribution in [2.45, 2.75) is 38.3 Å². The predicted octanol–water partition coefficient (Wildman–Crippen LogP) is 1.84. The molecule has 1 amide bonds. The number of amides is 1. The maximum atomic E-state index is 12.4. The molecule has 1 heterocycles. The van der Waals surface area contributed by atoms with Gasteiger partial charge in [-0.25, -0.2) is 4.79 Å². The fraction of sp³-hybridized carbons (Fsp3) is 0.500. The van der Waals surface area contributed by atoms with Crippen LogP contribution in [-0.4, -0.2) is 41.6 Å². The molecule has 2 rings (SSSR count). The standard InChI is InChI=1S/C16H21NO4/c1-21-11-13-6-4-5-12(9-13)10-15(18)17-8-3-2-7-14(17)16(19)20/h4-6,9,14H,2-3,7-8,10-11H2,1H3,(H,19,20).